The van der Waals surface area contributed by atoms with Gasteiger partial charge in [-0.2, -0.15) is 5.10 Å². The van der Waals surface area contributed by atoms with E-state index in [1.165, 1.54) is 6.26 Å². The van der Waals surface area contributed by atoms with Crippen LogP contribution in [0.4, 0.5) is 0 Å². The predicted octanol–water partition coefficient (Wildman–Crippen LogP) is 0.625. The first-order valence-corrected chi connectivity index (χ1v) is 8.79. The van der Waals surface area contributed by atoms with Gasteiger partial charge in [0.15, 0.2) is 0 Å². The van der Waals surface area contributed by atoms with Crippen molar-refractivity contribution in [3.8, 4) is 0 Å². The van der Waals surface area contributed by atoms with Gasteiger partial charge in [0.1, 0.15) is 9.84 Å². The number of likely N-dealkylation sites (tertiary alicyclic amines) is 1. The predicted molar refractivity (Wildman–Crippen MR) is 76.3 cm³/mol. The van der Waals surface area contributed by atoms with Crippen molar-refractivity contribution in [2.45, 2.75) is 19.8 Å². The number of aromatic nitrogens is 2. The molecule has 0 saturated carbocycles. The fourth-order valence-electron chi connectivity index (χ4n) is 2.69. The molecule has 1 unspecified atom stereocenters. The van der Waals surface area contributed by atoms with Gasteiger partial charge in [0.2, 0.25) is 0 Å². The highest BCUT2D eigenvalue weighted by Gasteiger charge is 2.28. The third kappa shape index (κ3) is 3.39. The largest absolute Gasteiger partial charge is 0.338 e. The van der Waals surface area contributed by atoms with Gasteiger partial charge in [-0.15, -0.1) is 0 Å². The Hall–Kier alpha value is -1.37. The summed E-state index contributed by atoms with van der Waals surface area (Å²) in [4.78, 5) is 14.2. The highest BCUT2D eigenvalue weighted by atomic mass is 32.2. The molecule has 0 bridgehead atoms. The van der Waals surface area contributed by atoms with Crippen molar-refractivity contribution in [1.29, 1.82) is 0 Å². The zero-order valence-electron chi connectivity index (χ0n) is 12.2. The summed E-state index contributed by atoms with van der Waals surface area (Å²) in [6.07, 6.45) is 4.55. The fourth-order valence-corrected chi connectivity index (χ4v) is 3.82. The second kappa shape index (κ2) is 5.55. The molecule has 1 aromatic heterocycles. The van der Waals surface area contributed by atoms with Gasteiger partial charge in [-0.25, -0.2) is 8.42 Å². The molecule has 0 N–H and O–H groups in total. The molecule has 20 heavy (non-hydrogen) atoms. The number of piperidine rings is 1. The van der Waals surface area contributed by atoms with Gasteiger partial charge in [0.05, 0.1) is 17.5 Å². The van der Waals surface area contributed by atoms with Crippen molar-refractivity contribution in [1.82, 2.24) is 14.7 Å². The first-order valence-electron chi connectivity index (χ1n) is 6.73. The number of sulfone groups is 1. The van der Waals surface area contributed by atoms with E-state index in [9.17, 15) is 13.2 Å². The van der Waals surface area contributed by atoms with Gasteiger partial charge in [-0.3, -0.25) is 9.48 Å². The maximum atomic E-state index is 12.5. The topological polar surface area (TPSA) is 72.3 Å². The first kappa shape index (κ1) is 15.0. The summed E-state index contributed by atoms with van der Waals surface area (Å²) < 4.78 is 24.4. The minimum absolute atomic E-state index is 0.0414. The number of rotatable bonds is 3. The SMILES string of the molecule is Cc1c(C(=O)N2CCCC(CS(C)(=O)=O)C2)cnn1C. The lowest BCUT2D eigenvalue weighted by molar-refractivity contribution is 0.0683. The van der Waals surface area contributed by atoms with Crippen molar-refractivity contribution in [2.24, 2.45) is 13.0 Å². The number of carbonyl (C=O) groups excluding carboxylic acids is 1. The average Bonchev–Trinajstić information content (AvgIpc) is 2.67. The van der Waals surface area contributed by atoms with Crippen molar-refractivity contribution >= 4 is 15.7 Å². The maximum absolute atomic E-state index is 12.5. The molecule has 112 valence electrons. The summed E-state index contributed by atoms with van der Waals surface area (Å²) in [5.41, 5.74) is 1.44. The molecule has 0 aromatic carbocycles. The smallest absolute Gasteiger partial charge is 0.257 e. The van der Waals surface area contributed by atoms with Crippen LogP contribution >= 0.6 is 0 Å². The maximum Gasteiger partial charge on any atom is 0.257 e. The first-order chi connectivity index (χ1) is 9.28. The van der Waals surface area contributed by atoms with Crippen LogP contribution in [0.2, 0.25) is 0 Å². The van der Waals surface area contributed by atoms with Crippen LogP contribution in [0.3, 0.4) is 0 Å². The molecule has 0 spiro atoms. The Balaban J connectivity index is 2.09. The van der Waals surface area contributed by atoms with Gasteiger partial charge < -0.3 is 4.90 Å². The molecule has 2 rings (SSSR count). The minimum Gasteiger partial charge on any atom is -0.338 e. The molecule has 0 aliphatic carbocycles. The van der Waals surface area contributed by atoms with Crippen molar-refractivity contribution in [2.75, 3.05) is 25.1 Å². The number of nitrogens with zero attached hydrogens (tertiary/aromatic N) is 3. The zero-order chi connectivity index (χ0) is 14.9. The van der Waals surface area contributed by atoms with Crippen LogP contribution in [0.15, 0.2) is 6.20 Å². The van der Waals surface area contributed by atoms with Crippen LogP contribution < -0.4 is 0 Å². The lowest BCUT2D eigenvalue weighted by Gasteiger charge is -2.32. The quantitative estimate of drug-likeness (QED) is 0.820. The van der Waals surface area contributed by atoms with Crippen LogP contribution in [-0.4, -0.2) is 54.1 Å². The Morgan fingerprint density at radius 3 is 2.75 bits per heavy atom. The molecule has 0 radical (unpaired) electrons. The van der Waals surface area contributed by atoms with Gasteiger partial charge in [-0.05, 0) is 25.7 Å². The second-order valence-electron chi connectivity index (χ2n) is 5.62. The molecular formula is C13H21N3O3S. The van der Waals surface area contributed by atoms with Gasteiger partial charge in [0.25, 0.3) is 5.91 Å². The number of carbonyl (C=O) groups is 1. The van der Waals surface area contributed by atoms with E-state index < -0.39 is 9.84 Å². The van der Waals surface area contributed by atoms with Gasteiger partial charge >= 0.3 is 0 Å². The molecule has 7 heteroatoms. The normalized spacial score (nSPS) is 20.1. The monoisotopic (exact) mass is 299 g/mol. The van der Waals surface area contributed by atoms with E-state index in [0.717, 1.165) is 18.5 Å². The molecule has 1 aliphatic rings. The molecule has 1 aliphatic heterocycles. The lowest BCUT2D eigenvalue weighted by Crippen LogP contribution is -2.41. The number of aryl methyl sites for hydroxylation is 1. The standard InChI is InChI=1S/C13H21N3O3S/c1-10-12(7-14-15(10)2)13(17)16-6-4-5-11(8-16)9-20(3,18)19/h7,11H,4-6,8-9H2,1-3H3. The Kier molecular flexibility index (Phi) is 4.17. The van der Waals surface area contributed by atoms with Gasteiger partial charge in [0, 0.05) is 32.1 Å². The second-order valence-corrected chi connectivity index (χ2v) is 7.80. The van der Waals surface area contributed by atoms with Crippen LogP contribution in [0.5, 0.6) is 0 Å². The molecule has 1 saturated heterocycles. The molecule has 1 aromatic rings. The molecule has 2 heterocycles. The third-order valence-corrected chi connectivity index (χ3v) is 4.89. The van der Waals surface area contributed by atoms with Gasteiger partial charge in [-0.1, -0.05) is 0 Å². The van der Waals surface area contributed by atoms with Crippen LogP contribution in [-0.2, 0) is 16.9 Å². The van der Waals surface area contributed by atoms with E-state index in [1.807, 2.05) is 6.92 Å². The Bertz CT molecular complexity index is 606. The molecule has 1 atom stereocenters. The highest BCUT2D eigenvalue weighted by molar-refractivity contribution is 7.90. The van der Waals surface area contributed by atoms with Crippen molar-refractivity contribution < 1.29 is 13.2 Å². The third-order valence-electron chi connectivity index (χ3n) is 3.81. The fraction of sp³-hybridized carbons (Fsp3) is 0.692. The van der Waals surface area contributed by atoms with Crippen LogP contribution in [0.1, 0.15) is 28.9 Å². The van der Waals surface area contributed by atoms with Crippen LogP contribution in [0, 0.1) is 12.8 Å². The number of amides is 1. The Labute approximate surface area is 119 Å². The number of hydrogen-bond donors (Lipinski definition) is 0. The molecule has 1 fully saturated rings. The average molecular weight is 299 g/mol. The summed E-state index contributed by atoms with van der Waals surface area (Å²) in [6.45, 7) is 3.06. The summed E-state index contributed by atoms with van der Waals surface area (Å²) in [7, 11) is -1.20. The summed E-state index contributed by atoms with van der Waals surface area (Å²) in [6, 6.07) is 0. The zero-order valence-corrected chi connectivity index (χ0v) is 13.0. The Morgan fingerprint density at radius 1 is 1.50 bits per heavy atom. The Morgan fingerprint density at radius 2 is 2.20 bits per heavy atom. The van der Waals surface area contributed by atoms with E-state index in [-0.39, 0.29) is 17.6 Å². The highest BCUT2D eigenvalue weighted by Crippen LogP contribution is 2.20. The van der Waals surface area contributed by atoms with E-state index in [4.69, 9.17) is 0 Å². The minimum atomic E-state index is -3.00. The van der Waals surface area contributed by atoms with E-state index in [0.29, 0.717) is 18.7 Å². The molecule has 6 nitrogen and oxygen atoms in total. The summed E-state index contributed by atoms with van der Waals surface area (Å²) in [5.74, 6) is 0.150. The number of hydrogen-bond acceptors (Lipinski definition) is 4. The van der Waals surface area contributed by atoms with Crippen LogP contribution in [0.25, 0.3) is 0 Å². The van der Waals surface area contributed by atoms with Crippen molar-refractivity contribution in [3.05, 3.63) is 17.5 Å². The van der Waals surface area contributed by atoms with Crippen molar-refractivity contribution in [3.63, 3.8) is 0 Å². The summed E-state index contributed by atoms with van der Waals surface area (Å²) in [5, 5.41) is 4.08. The van der Waals surface area contributed by atoms with E-state index in [2.05, 4.69) is 5.10 Å². The molecular weight excluding hydrogens is 278 g/mol. The summed E-state index contributed by atoms with van der Waals surface area (Å²) >= 11 is 0. The van der Waals surface area contributed by atoms with E-state index >= 15 is 0 Å². The van der Waals surface area contributed by atoms with E-state index in [1.54, 1.807) is 22.8 Å². The molecule has 1 amide bonds. The lowest BCUT2D eigenvalue weighted by atomic mass is 9.99.